The van der Waals surface area contributed by atoms with Gasteiger partial charge in [0, 0.05) is 29.4 Å². The van der Waals surface area contributed by atoms with Gasteiger partial charge in [-0.1, -0.05) is 0 Å². The van der Waals surface area contributed by atoms with Gasteiger partial charge < -0.3 is 11.5 Å². The molecule has 0 bridgehead atoms. The summed E-state index contributed by atoms with van der Waals surface area (Å²) in [5.74, 6) is 0. The second kappa shape index (κ2) is 4.76. The first kappa shape index (κ1) is 7.61. The van der Waals surface area contributed by atoms with E-state index in [9.17, 15) is 0 Å². The van der Waals surface area contributed by atoms with Crippen LogP contribution in [0.4, 0.5) is 0 Å². The average Bonchev–Trinajstić information content (AvgIpc) is 1.61. The molecule has 0 atom stereocenters. The molecule has 0 fully saturated rings. The normalized spacial score (nSPS) is 10.3. The van der Waals surface area contributed by atoms with Crippen molar-refractivity contribution >= 4 is 22.9 Å². The van der Waals surface area contributed by atoms with Crippen molar-refractivity contribution in [3.63, 3.8) is 0 Å². The summed E-state index contributed by atoms with van der Waals surface area (Å²) < 4.78 is 2.91. The van der Waals surface area contributed by atoms with E-state index in [1.165, 1.54) is 0 Å². The van der Waals surface area contributed by atoms with Crippen LogP contribution >= 0.6 is 22.9 Å². The molecule has 44 valence electrons. The van der Waals surface area contributed by atoms with Gasteiger partial charge in [-0.2, -0.15) is 0 Å². The zero-order valence-electron chi connectivity index (χ0n) is 4.02. The van der Waals surface area contributed by atoms with E-state index < -0.39 is 0 Å². The predicted octanol–water partition coefficient (Wildman–Crippen LogP) is -0.440. The largest absolute Gasteiger partial charge is 0.316 e. The summed E-state index contributed by atoms with van der Waals surface area (Å²) in [6, 6.07) is 0. The Hall–Kier alpha value is 0.610. The van der Waals surface area contributed by atoms with E-state index in [0.717, 1.165) is 13.0 Å². The Balaban J connectivity index is 2.68. The summed E-state index contributed by atoms with van der Waals surface area (Å²) in [6.07, 6.45) is 0.672. The Labute approximate surface area is 57.3 Å². The minimum absolute atomic E-state index is 0.165. The Morgan fingerprint density at radius 1 is 1.57 bits per heavy atom. The summed E-state index contributed by atoms with van der Waals surface area (Å²) in [7, 11) is 0. The minimum atomic E-state index is -0.165. The van der Waals surface area contributed by atoms with Gasteiger partial charge in [-0.3, -0.25) is 3.53 Å². The number of hydrogen-bond donors (Lipinski definition) is 3. The first-order valence-corrected chi connectivity index (χ1v) is 3.20. The van der Waals surface area contributed by atoms with E-state index in [2.05, 4.69) is 26.4 Å². The summed E-state index contributed by atoms with van der Waals surface area (Å²) in [4.78, 5) is 0. The number of rotatable bonds is 3. The molecular weight excluding hydrogens is 205 g/mol. The summed E-state index contributed by atoms with van der Waals surface area (Å²) >= 11 is 2.06. The van der Waals surface area contributed by atoms with E-state index in [1.807, 2.05) is 0 Å². The third-order valence-corrected chi connectivity index (χ3v) is 1.11. The Morgan fingerprint density at radius 3 is 2.29 bits per heavy atom. The molecule has 0 aliphatic heterocycles. The van der Waals surface area contributed by atoms with Crippen LogP contribution in [0.5, 0.6) is 0 Å². The van der Waals surface area contributed by atoms with E-state index in [0.29, 0.717) is 0 Å². The van der Waals surface area contributed by atoms with Crippen molar-refractivity contribution in [3.05, 3.63) is 0 Å². The molecule has 0 rings (SSSR count). The van der Waals surface area contributed by atoms with Gasteiger partial charge in [0.1, 0.15) is 0 Å². The number of halogens is 1. The quantitative estimate of drug-likeness (QED) is 0.339. The molecule has 7 heavy (non-hydrogen) atoms. The van der Waals surface area contributed by atoms with Gasteiger partial charge >= 0.3 is 0 Å². The number of nitrogens with one attached hydrogen (secondary N) is 1. The maximum Gasteiger partial charge on any atom is 0.0533 e. The molecule has 0 saturated heterocycles. The third kappa shape index (κ3) is 6.61. The first-order chi connectivity index (χ1) is 3.27. The highest BCUT2D eigenvalue weighted by Gasteiger charge is 1.88. The maximum absolute atomic E-state index is 5.21. The number of nitrogens with two attached hydrogens (primary N) is 2. The van der Waals surface area contributed by atoms with Gasteiger partial charge in [0.05, 0.1) is 6.17 Å². The second-order valence-electron chi connectivity index (χ2n) is 1.34. The van der Waals surface area contributed by atoms with Gasteiger partial charge in [0.2, 0.25) is 0 Å². The smallest absolute Gasteiger partial charge is 0.0533 e. The van der Waals surface area contributed by atoms with Crippen molar-refractivity contribution < 1.29 is 0 Å². The van der Waals surface area contributed by atoms with Gasteiger partial charge in [-0.15, -0.1) is 0 Å². The van der Waals surface area contributed by atoms with Gasteiger partial charge in [-0.25, -0.2) is 0 Å². The van der Waals surface area contributed by atoms with Crippen molar-refractivity contribution in [2.75, 3.05) is 6.54 Å². The van der Waals surface area contributed by atoms with Crippen molar-refractivity contribution in [1.29, 1.82) is 0 Å². The lowest BCUT2D eigenvalue weighted by atomic mass is 10.4. The predicted molar refractivity (Wildman–Crippen MR) is 38.8 cm³/mol. The molecule has 0 aliphatic rings. The molecule has 0 aromatic rings. The van der Waals surface area contributed by atoms with Crippen LogP contribution in [-0.4, -0.2) is 12.7 Å². The van der Waals surface area contributed by atoms with Crippen molar-refractivity contribution in [2.45, 2.75) is 12.6 Å². The highest BCUT2D eigenvalue weighted by atomic mass is 127. The van der Waals surface area contributed by atoms with Gasteiger partial charge in [0.15, 0.2) is 0 Å². The monoisotopic (exact) mass is 215 g/mol. The molecule has 0 spiro atoms. The van der Waals surface area contributed by atoms with Gasteiger partial charge in [0.25, 0.3) is 0 Å². The second-order valence-corrected chi connectivity index (χ2v) is 2.10. The molecule has 0 unspecified atom stereocenters. The Bertz CT molecular complexity index is 39.2. The zero-order chi connectivity index (χ0) is 5.70. The van der Waals surface area contributed by atoms with Crippen LogP contribution in [0.2, 0.25) is 0 Å². The van der Waals surface area contributed by atoms with E-state index in [1.54, 1.807) is 0 Å². The van der Waals surface area contributed by atoms with Crippen LogP contribution in [0.25, 0.3) is 0 Å². The molecule has 4 heteroatoms. The summed E-state index contributed by atoms with van der Waals surface area (Å²) in [5, 5.41) is 0. The van der Waals surface area contributed by atoms with Crippen LogP contribution in [0.1, 0.15) is 6.42 Å². The SMILES string of the molecule is NC(N)CCNI. The standard InChI is InChI=1S/C3H10IN3/c4-7-2-1-3(5)6/h3,7H,1-2,5-6H2. The van der Waals surface area contributed by atoms with Crippen LogP contribution in [0.15, 0.2) is 0 Å². The fourth-order valence-corrected chi connectivity index (χ4v) is 0.533. The highest BCUT2D eigenvalue weighted by molar-refractivity contribution is 14.1. The van der Waals surface area contributed by atoms with E-state index in [-0.39, 0.29) is 6.17 Å². The molecule has 5 N–H and O–H groups in total. The Kier molecular flexibility index (Phi) is 5.18. The lowest BCUT2D eigenvalue weighted by molar-refractivity contribution is 0.640. The lowest BCUT2D eigenvalue weighted by Gasteiger charge is -2.00. The third-order valence-electron chi connectivity index (χ3n) is 0.572. The molecule has 0 amide bonds. The van der Waals surface area contributed by atoms with Crippen LogP contribution in [-0.2, 0) is 0 Å². The maximum atomic E-state index is 5.21. The van der Waals surface area contributed by atoms with Crippen molar-refractivity contribution in [1.82, 2.24) is 3.53 Å². The topological polar surface area (TPSA) is 64.1 Å². The minimum Gasteiger partial charge on any atom is -0.316 e. The van der Waals surface area contributed by atoms with Crippen molar-refractivity contribution in [2.24, 2.45) is 11.5 Å². The lowest BCUT2D eigenvalue weighted by Crippen LogP contribution is -2.32. The van der Waals surface area contributed by atoms with E-state index >= 15 is 0 Å². The zero-order valence-corrected chi connectivity index (χ0v) is 6.18. The molecule has 0 aliphatic carbocycles. The first-order valence-electron chi connectivity index (χ1n) is 2.12. The molecule has 0 aromatic carbocycles. The van der Waals surface area contributed by atoms with Gasteiger partial charge in [-0.05, 0) is 6.42 Å². The average molecular weight is 215 g/mol. The summed E-state index contributed by atoms with van der Waals surface area (Å²) in [5.41, 5.74) is 10.4. The molecule has 0 saturated carbocycles. The van der Waals surface area contributed by atoms with Crippen LogP contribution in [0.3, 0.4) is 0 Å². The molecular formula is C3H10IN3. The molecule has 0 radical (unpaired) electrons. The fourth-order valence-electron chi connectivity index (χ4n) is 0.221. The van der Waals surface area contributed by atoms with E-state index in [4.69, 9.17) is 11.5 Å². The summed E-state index contributed by atoms with van der Waals surface area (Å²) in [6.45, 7) is 0.887. The fraction of sp³-hybridized carbons (Fsp3) is 1.00. The van der Waals surface area contributed by atoms with Crippen molar-refractivity contribution in [3.8, 4) is 0 Å². The van der Waals surface area contributed by atoms with Crippen LogP contribution < -0.4 is 15.0 Å². The highest BCUT2D eigenvalue weighted by Crippen LogP contribution is 1.77. The molecule has 3 nitrogen and oxygen atoms in total. The molecule has 0 aromatic heterocycles. The van der Waals surface area contributed by atoms with Crippen LogP contribution in [0, 0.1) is 0 Å². The Morgan fingerprint density at radius 2 is 2.14 bits per heavy atom. The number of hydrogen-bond acceptors (Lipinski definition) is 3. The molecule has 0 heterocycles.